The summed E-state index contributed by atoms with van der Waals surface area (Å²) < 4.78 is 0. The van der Waals surface area contributed by atoms with Crippen molar-refractivity contribution in [2.45, 2.75) is 50.7 Å². The first kappa shape index (κ1) is 16.1. The predicted molar refractivity (Wildman–Crippen MR) is 82.5 cm³/mol. The number of amides is 1. The average Bonchev–Trinajstić information content (AvgIpc) is 2.46. The van der Waals surface area contributed by atoms with Gasteiger partial charge in [0.15, 0.2) is 0 Å². The zero-order valence-electron chi connectivity index (χ0n) is 12.2. The van der Waals surface area contributed by atoms with Gasteiger partial charge in [-0.05, 0) is 30.9 Å². The van der Waals surface area contributed by atoms with E-state index in [9.17, 15) is 15.0 Å². The van der Waals surface area contributed by atoms with Crippen LogP contribution in [0.25, 0.3) is 0 Å². The number of hydrogen-bond acceptors (Lipinski definition) is 2. The Kier molecular flexibility index (Phi) is 5.12. The van der Waals surface area contributed by atoms with Crippen LogP contribution in [0.1, 0.15) is 44.6 Å². The van der Waals surface area contributed by atoms with Crippen molar-refractivity contribution < 1.29 is 15.0 Å². The van der Waals surface area contributed by atoms with Crippen LogP contribution >= 0.6 is 11.6 Å². The minimum atomic E-state index is -1.08. The Morgan fingerprint density at radius 2 is 2.19 bits per heavy atom. The topological polar surface area (TPSA) is 69.6 Å². The second-order valence-electron chi connectivity index (χ2n) is 5.71. The molecule has 1 amide bonds. The van der Waals surface area contributed by atoms with Gasteiger partial charge in [-0.1, -0.05) is 49.6 Å². The van der Waals surface area contributed by atoms with Crippen LogP contribution in [-0.2, 0) is 5.54 Å². The lowest BCUT2D eigenvalue weighted by Gasteiger charge is -2.46. The molecule has 0 saturated heterocycles. The molecule has 1 saturated carbocycles. The molecule has 0 aromatic heterocycles. The molecule has 5 heteroatoms. The molecular formula is C16H22ClNO3. The number of benzene rings is 1. The maximum atomic E-state index is 11.4. The molecule has 1 aliphatic carbocycles. The molecule has 1 aliphatic rings. The number of carboxylic acid groups (broad SMARTS) is 1. The van der Waals surface area contributed by atoms with E-state index >= 15 is 0 Å². The molecule has 0 spiro atoms. The van der Waals surface area contributed by atoms with E-state index in [0.717, 1.165) is 24.8 Å². The molecular weight excluding hydrogens is 290 g/mol. The standard InChI is InChI=1S/C16H22ClNO3/c1-2-14(19)12-8-5-6-10-16(12,18-15(20)21)11-7-3-4-9-13(11)17/h3-4,7,9,12,14,18-19H,2,5-6,8,10H2,1H3,(H,20,21). The van der Waals surface area contributed by atoms with Crippen LogP contribution < -0.4 is 5.32 Å². The molecule has 3 N–H and O–H groups in total. The van der Waals surface area contributed by atoms with E-state index in [1.165, 1.54) is 0 Å². The highest BCUT2D eigenvalue weighted by molar-refractivity contribution is 6.31. The second-order valence-corrected chi connectivity index (χ2v) is 6.12. The van der Waals surface area contributed by atoms with Crippen LogP contribution in [0.5, 0.6) is 0 Å². The van der Waals surface area contributed by atoms with Gasteiger partial charge in [0, 0.05) is 10.9 Å². The van der Waals surface area contributed by atoms with Crippen molar-refractivity contribution in [3.8, 4) is 0 Å². The van der Waals surface area contributed by atoms with Gasteiger partial charge in [-0.25, -0.2) is 4.79 Å². The Bertz CT molecular complexity index is 508. The molecule has 2 rings (SSSR count). The third-order valence-electron chi connectivity index (χ3n) is 4.54. The fraction of sp³-hybridized carbons (Fsp3) is 0.562. The quantitative estimate of drug-likeness (QED) is 0.793. The van der Waals surface area contributed by atoms with Crippen molar-refractivity contribution in [1.29, 1.82) is 0 Å². The summed E-state index contributed by atoms with van der Waals surface area (Å²) in [6.07, 6.45) is 2.33. The Balaban J connectivity index is 2.53. The predicted octanol–water partition coefficient (Wildman–Crippen LogP) is 3.76. The third kappa shape index (κ3) is 3.16. The highest BCUT2D eigenvalue weighted by Gasteiger charge is 2.47. The van der Waals surface area contributed by atoms with Crippen molar-refractivity contribution in [2.24, 2.45) is 5.92 Å². The minimum Gasteiger partial charge on any atom is -0.465 e. The van der Waals surface area contributed by atoms with Gasteiger partial charge < -0.3 is 15.5 Å². The molecule has 1 aromatic rings. The molecule has 1 fully saturated rings. The van der Waals surface area contributed by atoms with E-state index in [1.54, 1.807) is 6.07 Å². The monoisotopic (exact) mass is 311 g/mol. The summed E-state index contributed by atoms with van der Waals surface area (Å²) in [6, 6.07) is 7.32. The first-order valence-electron chi connectivity index (χ1n) is 7.45. The molecule has 3 unspecified atom stereocenters. The molecule has 0 heterocycles. The Morgan fingerprint density at radius 3 is 2.81 bits per heavy atom. The number of hydrogen-bond donors (Lipinski definition) is 3. The maximum Gasteiger partial charge on any atom is 0.405 e. The fourth-order valence-corrected chi connectivity index (χ4v) is 3.88. The van der Waals surface area contributed by atoms with Crippen molar-refractivity contribution >= 4 is 17.7 Å². The largest absolute Gasteiger partial charge is 0.465 e. The van der Waals surface area contributed by atoms with Gasteiger partial charge in [0.1, 0.15) is 0 Å². The van der Waals surface area contributed by atoms with Crippen LogP contribution in [0, 0.1) is 5.92 Å². The summed E-state index contributed by atoms with van der Waals surface area (Å²) in [4.78, 5) is 11.4. The normalized spacial score (nSPS) is 27.1. The van der Waals surface area contributed by atoms with Crippen molar-refractivity contribution in [3.63, 3.8) is 0 Å². The Hall–Kier alpha value is -1.26. The lowest BCUT2D eigenvalue weighted by atomic mass is 9.66. The zero-order chi connectivity index (χ0) is 15.5. The van der Waals surface area contributed by atoms with Crippen molar-refractivity contribution in [2.75, 3.05) is 0 Å². The second kappa shape index (κ2) is 6.67. The summed E-state index contributed by atoms with van der Waals surface area (Å²) in [7, 11) is 0. The van der Waals surface area contributed by atoms with Crippen LogP contribution in [0.4, 0.5) is 4.79 Å². The summed E-state index contributed by atoms with van der Waals surface area (Å²) in [6.45, 7) is 1.91. The number of rotatable bonds is 4. The first-order chi connectivity index (χ1) is 10.0. The fourth-order valence-electron chi connectivity index (χ4n) is 3.58. The summed E-state index contributed by atoms with van der Waals surface area (Å²) >= 11 is 6.33. The molecule has 0 bridgehead atoms. The average molecular weight is 312 g/mol. The van der Waals surface area contributed by atoms with E-state index < -0.39 is 17.7 Å². The maximum absolute atomic E-state index is 11.4. The highest BCUT2D eigenvalue weighted by Crippen LogP contribution is 2.46. The smallest absolute Gasteiger partial charge is 0.405 e. The number of carbonyl (C=O) groups is 1. The zero-order valence-corrected chi connectivity index (χ0v) is 12.9. The van der Waals surface area contributed by atoms with Gasteiger partial charge in [0.2, 0.25) is 0 Å². The molecule has 116 valence electrons. The Morgan fingerprint density at radius 1 is 1.48 bits per heavy atom. The summed E-state index contributed by atoms with van der Waals surface area (Å²) in [5, 5.41) is 23.0. The lowest BCUT2D eigenvalue weighted by molar-refractivity contribution is 0.0112. The van der Waals surface area contributed by atoms with Crippen LogP contribution in [0.15, 0.2) is 24.3 Å². The number of halogens is 1. The molecule has 21 heavy (non-hydrogen) atoms. The molecule has 0 aliphatic heterocycles. The number of aliphatic hydroxyl groups is 1. The van der Waals surface area contributed by atoms with Gasteiger partial charge in [-0.15, -0.1) is 0 Å². The molecule has 3 atom stereocenters. The minimum absolute atomic E-state index is 0.160. The van der Waals surface area contributed by atoms with Crippen LogP contribution in [0.3, 0.4) is 0 Å². The van der Waals surface area contributed by atoms with Crippen LogP contribution in [0.2, 0.25) is 5.02 Å². The first-order valence-corrected chi connectivity index (χ1v) is 7.83. The van der Waals surface area contributed by atoms with E-state index in [-0.39, 0.29) is 5.92 Å². The van der Waals surface area contributed by atoms with E-state index in [0.29, 0.717) is 17.9 Å². The van der Waals surface area contributed by atoms with Crippen molar-refractivity contribution in [1.82, 2.24) is 5.32 Å². The summed E-state index contributed by atoms with van der Waals surface area (Å²) in [5.74, 6) is -0.160. The lowest BCUT2D eigenvalue weighted by Crippen LogP contribution is -2.55. The van der Waals surface area contributed by atoms with Gasteiger partial charge in [-0.3, -0.25) is 0 Å². The molecule has 4 nitrogen and oxygen atoms in total. The summed E-state index contributed by atoms with van der Waals surface area (Å²) in [5.41, 5.74) is -0.0380. The van der Waals surface area contributed by atoms with E-state index in [1.807, 2.05) is 25.1 Å². The van der Waals surface area contributed by atoms with Gasteiger partial charge >= 0.3 is 6.09 Å². The highest BCUT2D eigenvalue weighted by atomic mass is 35.5. The van der Waals surface area contributed by atoms with Gasteiger partial charge in [-0.2, -0.15) is 0 Å². The third-order valence-corrected chi connectivity index (χ3v) is 4.87. The van der Waals surface area contributed by atoms with Crippen LogP contribution in [-0.4, -0.2) is 22.4 Å². The van der Waals surface area contributed by atoms with E-state index in [4.69, 9.17) is 11.6 Å². The van der Waals surface area contributed by atoms with E-state index in [2.05, 4.69) is 5.32 Å². The van der Waals surface area contributed by atoms with Crippen molar-refractivity contribution in [3.05, 3.63) is 34.9 Å². The van der Waals surface area contributed by atoms with Gasteiger partial charge in [0.25, 0.3) is 0 Å². The molecule has 1 aromatic carbocycles. The Labute approximate surface area is 130 Å². The van der Waals surface area contributed by atoms with Gasteiger partial charge in [0.05, 0.1) is 11.6 Å². The number of aliphatic hydroxyl groups excluding tert-OH is 1. The number of nitrogens with one attached hydrogen (secondary N) is 1. The molecule has 0 radical (unpaired) electrons. The SMILES string of the molecule is CCC(O)C1CCCCC1(NC(=O)O)c1ccccc1Cl.